The van der Waals surface area contributed by atoms with Crippen LogP contribution in [0.2, 0.25) is 0 Å². The van der Waals surface area contributed by atoms with Crippen LogP contribution in [0.15, 0.2) is 102 Å². The number of fused-ring (bicyclic) bond motifs is 3. The summed E-state index contributed by atoms with van der Waals surface area (Å²) < 4.78 is 71.7. The predicted molar refractivity (Wildman–Crippen MR) is 305 cm³/mol. The molecule has 0 saturated heterocycles. The topological polar surface area (TPSA) is 127 Å². The lowest BCUT2D eigenvalue weighted by Gasteiger charge is -2.27. The molecule has 4 aromatic carbocycles. The first-order chi connectivity index (χ1) is 25.1. The summed E-state index contributed by atoms with van der Waals surface area (Å²) >= 11 is 5.60. The van der Waals surface area contributed by atoms with Crippen molar-refractivity contribution >= 4 is 40.3 Å². The Bertz CT molecular complexity index is 1850. The zero-order valence-electron chi connectivity index (χ0n) is 29.4. The highest BCUT2D eigenvalue weighted by molar-refractivity contribution is 8.02. The van der Waals surface area contributed by atoms with Crippen LogP contribution in [0.5, 0.6) is 23.0 Å². The van der Waals surface area contributed by atoms with Gasteiger partial charge in [-0.1, -0.05) is 165 Å². The number of ether oxygens (including phenoxy) is 3. The van der Waals surface area contributed by atoms with Gasteiger partial charge in [-0.2, -0.15) is 0 Å². The Balaban J connectivity index is -0.000000232. The zero-order valence-corrected chi connectivity index (χ0v) is 32.9. The van der Waals surface area contributed by atoms with Gasteiger partial charge in [-0.15, -0.1) is 5.10 Å². The van der Waals surface area contributed by atoms with Gasteiger partial charge in [0.2, 0.25) is 11.8 Å². The first-order valence-electron chi connectivity index (χ1n) is 16.0. The summed E-state index contributed by atoms with van der Waals surface area (Å²) in [5, 5.41) is 4.48. The van der Waals surface area contributed by atoms with Gasteiger partial charge < -0.3 is 32.3 Å². The van der Waals surface area contributed by atoms with E-state index < -0.39 is 28.7 Å². The summed E-state index contributed by atoms with van der Waals surface area (Å²) in [7, 11) is -1.37. The highest BCUT2D eigenvalue weighted by Crippen LogP contribution is 2.51. The van der Waals surface area contributed by atoms with E-state index in [1.54, 1.807) is 22.9 Å². The molecule has 1 aliphatic rings. The van der Waals surface area contributed by atoms with E-state index in [4.69, 9.17) is 48.6 Å². The van der Waals surface area contributed by atoms with Crippen molar-refractivity contribution < 1.29 is 46.0 Å². The third kappa shape index (κ3) is 25.5. The Labute approximate surface area is 420 Å². The smallest absolute Gasteiger partial charge is 0.423 e. The Morgan fingerprint density at radius 2 is 0.985 bits per heavy atom. The fraction of sp³-hybridized carbons (Fsp3) is 0.500. The van der Waals surface area contributed by atoms with E-state index in [-0.39, 0.29) is 124 Å². The van der Waals surface area contributed by atoms with E-state index >= 15 is 0 Å². The van der Waals surface area contributed by atoms with Gasteiger partial charge in [-0.25, -0.2) is 0 Å². The summed E-state index contributed by atoms with van der Waals surface area (Å²) in [5.41, 5.74) is 3.66. The summed E-state index contributed by atoms with van der Waals surface area (Å²) in [6.45, 7) is -0.591. The SMILES string of the molecule is C.C.C.C.C.C.C.C.C.C.C.C.C.C.C.COP(=O)(CN(CCc1ccc(O[P+](=S)N(C)/N=C/c2ccc(OC3Oc4ccccc4-c4ccccc4O3)cc2)cc1)CP(=O)(OC)OC)OC. The Kier molecular flexibility index (Phi) is 56.9. The fourth-order valence-corrected chi connectivity index (χ4v) is 8.33. The molecule has 0 radical (unpaired) electrons. The molecule has 1 aliphatic heterocycles. The molecule has 0 spiro atoms. The maximum atomic E-state index is 12.8. The Hall–Kier alpha value is -3.67. The number of nitrogens with zero attached hydrogens (tertiary/aromatic N) is 3. The molecule has 0 aromatic heterocycles. The van der Waals surface area contributed by atoms with E-state index in [0.717, 1.165) is 22.3 Å². The lowest BCUT2D eigenvalue weighted by Crippen LogP contribution is -2.29. The van der Waals surface area contributed by atoms with Gasteiger partial charge in [0.1, 0.15) is 29.8 Å². The van der Waals surface area contributed by atoms with E-state index in [1.165, 1.54) is 28.4 Å². The normalized spacial score (nSPS) is 10.4. The standard InChI is InChI=1S/C35H41N3O10P3S.15CH4/c1-37(49(52)48-30-20-14-27(15-21-30)22-23-38(25-50(39,41-2)42-3)26-51(40,43-4)44-5)36-24-28-16-18-29(19-17-28)45-35-46-33-12-8-6-10-31(33)32-11-7-9-13-34(32)47-35;;;;;;;;;;;;;;;/h6-21,24,35H,22-23,25-26H2,1-5H3;15*1H4/q+1;;;;;;;;;;;;;;;/b36-24+;;;;;;;;;;;;;;;. The molecule has 13 nitrogen and oxygen atoms in total. The van der Waals surface area contributed by atoms with Crippen molar-refractivity contribution in [2.24, 2.45) is 5.10 Å². The molecule has 1 atom stereocenters. The van der Waals surface area contributed by atoms with E-state index in [0.29, 0.717) is 36.0 Å². The van der Waals surface area contributed by atoms with Crippen LogP contribution in [0.4, 0.5) is 0 Å². The number of hydrogen-bond donors (Lipinski definition) is 0. The third-order valence-corrected chi connectivity index (χ3v) is 13.5. The largest absolute Gasteiger partial charge is 0.540 e. The molecule has 396 valence electrons. The molecule has 0 saturated carbocycles. The molecule has 5 rings (SSSR count). The lowest BCUT2D eigenvalue weighted by atomic mass is 10.0. The van der Waals surface area contributed by atoms with Crippen molar-refractivity contribution in [1.82, 2.24) is 9.68 Å². The minimum Gasteiger partial charge on any atom is -0.423 e. The third-order valence-electron chi connectivity index (χ3n) is 7.92. The molecule has 0 bridgehead atoms. The quantitative estimate of drug-likeness (QED) is 0.0533. The first-order valence-corrected chi connectivity index (χ1v) is 21.7. The van der Waals surface area contributed by atoms with E-state index in [1.807, 2.05) is 97.1 Å². The molecule has 0 aliphatic carbocycles. The Morgan fingerprint density at radius 3 is 1.39 bits per heavy atom. The number of para-hydroxylation sites is 2. The summed E-state index contributed by atoms with van der Waals surface area (Å²) in [4.78, 5) is 1.68. The summed E-state index contributed by atoms with van der Waals surface area (Å²) in [5.74, 6) is 2.49. The van der Waals surface area contributed by atoms with Crippen LogP contribution in [-0.4, -0.2) is 77.0 Å². The molecule has 0 N–H and O–H groups in total. The number of hydrogen-bond acceptors (Lipinski definition) is 13. The van der Waals surface area contributed by atoms with Gasteiger partial charge in [-0.05, 0) is 66.1 Å². The molecule has 67 heavy (non-hydrogen) atoms. The predicted octanol–water partition coefficient (Wildman–Crippen LogP) is 17.9. The van der Waals surface area contributed by atoms with Crippen molar-refractivity contribution in [3.05, 3.63) is 108 Å². The van der Waals surface area contributed by atoms with E-state index in [2.05, 4.69) is 5.10 Å². The fourth-order valence-electron chi connectivity index (χ4n) is 5.01. The van der Waals surface area contributed by atoms with Crippen LogP contribution in [0, 0.1) is 0 Å². The second-order valence-electron chi connectivity index (χ2n) is 11.3. The van der Waals surface area contributed by atoms with Crippen LogP contribution < -0.4 is 18.7 Å². The second kappa shape index (κ2) is 42.4. The van der Waals surface area contributed by atoms with Gasteiger partial charge in [0.15, 0.2) is 5.75 Å². The molecular weight excluding hydrogens is 928 g/mol. The van der Waals surface area contributed by atoms with Crippen molar-refractivity contribution in [3.8, 4) is 34.1 Å². The molecule has 4 aromatic rings. The van der Waals surface area contributed by atoms with Crippen molar-refractivity contribution in [3.63, 3.8) is 0 Å². The van der Waals surface area contributed by atoms with Crippen LogP contribution >= 0.6 is 22.3 Å². The summed E-state index contributed by atoms with van der Waals surface area (Å²) in [6, 6.07) is 30.3. The summed E-state index contributed by atoms with van der Waals surface area (Å²) in [6.07, 6.45) is 2.06. The molecule has 17 heteroatoms. The monoisotopic (exact) mass is 1030 g/mol. The number of benzene rings is 4. The zero-order chi connectivity index (χ0) is 37.1. The van der Waals surface area contributed by atoms with Crippen molar-refractivity contribution in [1.29, 1.82) is 0 Å². The maximum absolute atomic E-state index is 12.8. The lowest BCUT2D eigenvalue weighted by molar-refractivity contribution is -0.138. The van der Waals surface area contributed by atoms with Crippen LogP contribution in [0.3, 0.4) is 0 Å². The van der Waals surface area contributed by atoms with Crippen LogP contribution in [0.25, 0.3) is 11.1 Å². The highest BCUT2D eigenvalue weighted by atomic mass is 32.4. The molecule has 1 heterocycles. The van der Waals surface area contributed by atoms with Crippen molar-refractivity contribution in [2.75, 3.05) is 54.6 Å². The average molecular weight is 1030 g/mol. The van der Waals surface area contributed by atoms with Gasteiger partial charge in [0, 0.05) is 46.1 Å². The number of hydrazone groups is 1. The minimum absolute atomic E-state index is 0. The van der Waals surface area contributed by atoms with Crippen LogP contribution in [0.1, 0.15) is 123 Å². The Morgan fingerprint density at radius 1 is 0.597 bits per heavy atom. The molecule has 0 fully saturated rings. The molecular formula is C50H101N3O10P3S+. The molecule has 0 amide bonds. The van der Waals surface area contributed by atoms with Gasteiger partial charge in [-0.3, -0.25) is 18.6 Å². The minimum atomic E-state index is -3.42. The number of rotatable bonds is 18. The van der Waals surface area contributed by atoms with Crippen LogP contribution in [-0.2, 0) is 45.5 Å². The average Bonchev–Trinajstić information content (AvgIpc) is 3.33. The van der Waals surface area contributed by atoms with E-state index in [9.17, 15) is 9.13 Å². The van der Waals surface area contributed by atoms with Gasteiger partial charge >= 0.3 is 28.7 Å². The maximum Gasteiger partial charge on any atom is 0.540 e. The van der Waals surface area contributed by atoms with Crippen molar-refractivity contribution in [2.45, 2.75) is 124 Å². The highest BCUT2D eigenvalue weighted by Gasteiger charge is 2.32. The second-order valence-corrected chi connectivity index (χ2v) is 17.9. The molecule has 1 unspecified atom stereocenters. The van der Waals surface area contributed by atoms with Gasteiger partial charge in [0.25, 0.3) is 0 Å². The first kappa shape index (κ1) is 89.8. The van der Waals surface area contributed by atoms with Gasteiger partial charge in [0.05, 0.1) is 13.3 Å².